The molecule has 0 saturated heterocycles. The maximum Gasteiger partial charge on any atom is 0.509 e. The van der Waals surface area contributed by atoms with Gasteiger partial charge in [-0.25, -0.2) is 0 Å². The first-order chi connectivity index (χ1) is 15.7. The lowest BCUT2D eigenvalue weighted by molar-refractivity contribution is -0.130. The van der Waals surface area contributed by atoms with Gasteiger partial charge in [0.05, 0.1) is 12.1 Å². The maximum absolute atomic E-state index is 12.7. The Morgan fingerprint density at radius 2 is 1.76 bits per heavy atom. The SMILES string of the molecule is CC(C)[C@@H](NC(=O)[C@@H](N)Cc1ccccc1)C(=O)NC[C@H](O)CC(C1CCCCC1)[P+](=O)O. The van der Waals surface area contributed by atoms with E-state index >= 15 is 0 Å². The molecule has 1 aliphatic rings. The van der Waals surface area contributed by atoms with E-state index in [-0.39, 0.29) is 24.8 Å². The summed E-state index contributed by atoms with van der Waals surface area (Å²) in [6.45, 7) is 3.60. The van der Waals surface area contributed by atoms with E-state index < -0.39 is 43.7 Å². The summed E-state index contributed by atoms with van der Waals surface area (Å²) in [7, 11) is -2.40. The summed E-state index contributed by atoms with van der Waals surface area (Å²) in [6.07, 6.45) is 4.61. The number of nitrogens with one attached hydrogen (secondary N) is 2. The number of carbonyl (C=O) groups is 2. The molecule has 0 aliphatic heterocycles. The van der Waals surface area contributed by atoms with Crippen LogP contribution in [0.3, 0.4) is 0 Å². The molecule has 1 aliphatic carbocycles. The Hall–Kier alpha value is -1.86. The van der Waals surface area contributed by atoms with Crippen molar-refractivity contribution in [3.63, 3.8) is 0 Å². The van der Waals surface area contributed by atoms with Crippen LogP contribution in [0.1, 0.15) is 57.9 Å². The van der Waals surface area contributed by atoms with Gasteiger partial charge in [-0.3, -0.25) is 9.59 Å². The first-order valence-corrected chi connectivity index (χ1v) is 13.2. The number of carbonyl (C=O) groups excluding carboxylic acids is 2. The Morgan fingerprint density at radius 3 is 2.33 bits per heavy atom. The van der Waals surface area contributed by atoms with Crippen LogP contribution in [0, 0.1) is 11.8 Å². The van der Waals surface area contributed by atoms with Gasteiger partial charge in [0, 0.05) is 18.9 Å². The van der Waals surface area contributed by atoms with Crippen molar-refractivity contribution in [2.45, 2.75) is 82.6 Å². The molecule has 1 aromatic rings. The standard InChI is InChI=1S/C24H38N3O5P/c1-16(2)22(27-23(29)20(25)13-17-9-5-3-6-10-17)24(30)26-15-19(28)14-21(33(31)32)18-11-7-4-8-12-18/h3,5-6,9-10,16,18-22,28H,4,7-8,11-15,25H2,1-2H3,(H2-,26,27,29,30,31,32)/p+1/t19-,20+,21?,22-/m1/s1. The molecule has 1 aromatic carbocycles. The molecule has 1 fully saturated rings. The highest BCUT2D eigenvalue weighted by atomic mass is 31.1. The Kier molecular flexibility index (Phi) is 11.4. The van der Waals surface area contributed by atoms with Crippen LogP contribution in [-0.2, 0) is 20.6 Å². The second kappa shape index (κ2) is 13.8. The molecule has 6 N–H and O–H groups in total. The number of nitrogens with two attached hydrogens (primary N) is 1. The van der Waals surface area contributed by atoms with Gasteiger partial charge in [0.15, 0.2) is 5.66 Å². The minimum absolute atomic E-state index is 0.0413. The van der Waals surface area contributed by atoms with E-state index in [1.54, 1.807) is 0 Å². The van der Waals surface area contributed by atoms with Crippen molar-refractivity contribution < 1.29 is 24.2 Å². The van der Waals surface area contributed by atoms with E-state index in [1.165, 1.54) is 0 Å². The number of hydrogen-bond donors (Lipinski definition) is 5. The maximum atomic E-state index is 12.7. The van der Waals surface area contributed by atoms with Gasteiger partial charge >= 0.3 is 8.03 Å². The van der Waals surface area contributed by atoms with Gasteiger partial charge < -0.3 is 21.5 Å². The van der Waals surface area contributed by atoms with Gasteiger partial charge in [-0.15, -0.1) is 0 Å². The number of benzene rings is 1. The Morgan fingerprint density at radius 1 is 1.12 bits per heavy atom. The summed E-state index contributed by atoms with van der Waals surface area (Å²) < 4.78 is 11.9. The second-order valence-electron chi connectivity index (χ2n) is 9.43. The fourth-order valence-corrected chi connectivity index (χ4v) is 5.51. The number of aliphatic hydroxyl groups excluding tert-OH is 1. The summed E-state index contributed by atoms with van der Waals surface area (Å²) in [4.78, 5) is 35.1. The zero-order valence-corrected chi connectivity index (χ0v) is 20.5. The molecule has 0 aromatic heterocycles. The molecule has 33 heavy (non-hydrogen) atoms. The molecule has 2 rings (SSSR count). The van der Waals surface area contributed by atoms with Gasteiger partial charge in [-0.2, -0.15) is 4.89 Å². The van der Waals surface area contributed by atoms with Crippen LogP contribution in [0.5, 0.6) is 0 Å². The third-order valence-electron chi connectivity index (χ3n) is 6.39. The summed E-state index contributed by atoms with van der Waals surface area (Å²) in [5.41, 5.74) is 6.50. The van der Waals surface area contributed by atoms with E-state index in [9.17, 15) is 24.2 Å². The quantitative estimate of drug-likeness (QED) is 0.291. The van der Waals surface area contributed by atoms with Crippen molar-refractivity contribution in [1.82, 2.24) is 10.6 Å². The first-order valence-electron chi connectivity index (χ1n) is 11.9. The summed E-state index contributed by atoms with van der Waals surface area (Å²) >= 11 is 0. The van der Waals surface area contributed by atoms with Gasteiger partial charge in [0.2, 0.25) is 11.8 Å². The summed E-state index contributed by atoms with van der Waals surface area (Å²) in [6, 6.07) is 7.84. The minimum Gasteiger partial charge on any atom is -0.391 e. The summed E-state index contributed by atoms with van der Waals surface area (Å²) in [5.74, 6) is -0.877. The molecule has 8 nitrogen and oxygen atoms in total. The molecular formula is C24H39N3O5P+. The van der Waals surface area contributed by atoms with Crippen molar-refractivity contribution in [2.24, 2.45) is 17.6 Å². The summed E-state index contributed by atoms with van der Waals surface area (Å²) in [5, 5.41) is 15.9. The van der Waals surface area contributed by atoms with E-state index in [0.717, 1.165) is 37.7 Å². The lowest BCUT2D eigenvalue weighted by Gasteiger charge is -2.26. The predicted octanol–water partition coefficient (Wildman–Crippen LogP) is 2.25. The third-order valence-corrected chi connectivity index (χ3v) is 7.59. The minimum atomic E-state index is -2.40. The molecular weight excluding hydrogens is 441 g/mol. The van der Waals surface area contributed by atoms with Crippen LogP contribution in [0.2, 0.25) is 0 Å². The fourth-order valence-electron chi connectivity index (χ4n) is 4.43. The van der Waals surface area contributed by atoms with Crippen molar-refractivity contribution >= 4 is 19.8 Å². The fraction of sp³-hybridized carbons (Fsp3) is 0.667. The van der Waals surface area contributed by atoms with Gasteiger partial charge in [-0.05, 0) is 35.3 Å². The monoisotopic (exact) mass is 480 g/mol. The second-order valence-corrected chi connectivity index (χ2v) is 10.7. The highest BCUT2D eigenvalue weighted by Crippen LogP contribution is 2.40. The van der Waals surface area contributed by atoms with Gasteiger partial charge in [0.25, 0.3) is 0 Å². The zero-order valence-electron chi connectivity index (χ0n) is 19.7. The lowest BCUT2D eigenvalue weighted by Crippen LogP contribution is -2.55. The van der Waals surface area contributed by atoms with Crippen LogP contribution >= 0.6 is 8.03 Å². The smallest absolute Gasteiger partial charge is 0.391 e. The van der Waals surface area contributed by atoms with Crippen LogP contribution in [-0.4, -0.2) is 52.2 Å². The highest BCUT2D eigenvalue weighted by Gasteiger charge is 2.39. The molecule has 0 radical (unpaired) electrons. The van der Waals surface area contributed by atoms with Crippen LogP contribution < -0.4 is 16.4 Å². The van der Waals surface area contributed by atoms with E-state index in [0.29, 0.717) is 6.42 Å². The molecule has 9 heteroatoms. The molecule has 0 bridgehead atoms. The topological polar surface area (TPSA) is 142 Å². The third kappa shape index (κ3) is 9.13. The van der Waals surface area contributed by atoms with Crippen molar-refractivity contribution in [1.29, 1.82) is 0 Å². The van der Waals surface area contributed by atoms with Gasteiger partial charge in [0.1, 0.15) is 6.04 Å². The normalized spacial score (nSPS) is 18.8. The van der Waals surface area contributed by atoms with Crippen LogP contribution in [0.4, 0.5) is 0 Å². The molecule has 2 unspecified atom stereocenters. The molecule has 5 atom stereocenters. The lowest BCUT2D eigenvalue weighted by atomic mass is 9.85. The Balaban J connectivity index is 1.86. The average molecular weight is 481 g/mol. The van der Waals surface area contributed by atoms with E-state index in [2.05, 4.69) is 10.6 Å². The predicted molar refractivity (Wildman–Crippen MR) is 129 cm³/mol. The van der Waals surface area contributed by atoms with E-state index in [1.807, 2.05) is 44.2 Å². The Bertz CT molecular complexity index is 771. The van der Waals surface area contributed by atoms with E-state index in [4.69, 9.17) is 5.73 Å². The number of aliphatic hydroxyl groups is 1. The molecule has 184 valence electrons. The Labute approximate surface area is 197 Å². The molecule has 0 spiro atoms. The highest BCUT2D eigenvalue weighted by molar-refractivity contribution is 7.38. The van der Waals surface area contributed by atoms with Crippen molar-refractivity contribution in [2.75, 3.05) is 6.54 Å². The number of hydrogen-bond acceptors (Lipinski definition) is 5. The van der Waals surface area contributed by atoms with Crippen LogP contribution in [0.15, 0.2) is 30.3 Å². The average Bonchev–Trinajstić information content (AvgIpc) is 2.80. The van der Waals surface area contributed by atoms with Crippen molar-refractivity contribution in [3.8, 4) is 0 Å². The first kappa shape index (κ1) is 27.4. The van der Waals surface area contributed by atoms with Crippen LogP contribution in [0.25, 0.3) is 0 Å². The molecule has 2 amide bonds. The number of rotatable bonds is 12. The largest absolute Gasteiger partial charge is 0.509 e. The molecule has 1 saturated carbocycles. The van der Waals surface area contributed by atoms with Crippen molar-refractivity contribution in [3.05, 3.63) is 35.9 Å². The molecule has 0 heterocycles. The number of amides is 2. The zero-order chi connectivity index (χ0) is 24.4. The van der Waals surface area contributed by atoms with Gasteiger partial charge in [-0.1, -0.05) is 63.4 Å².